The van der Waals surface area contributed by atoms with Crippen molar-refractivity contribution in [3.63, 3.8) is 0 Å². The van der Waals surface area contributed by atoms with Gasteiger partial charge < -0.3 is 16.4 Å². The minimum absolute atomic E-state index is 0. The van der Waals surface area contributed by atoms with Crippen molar-refractivity contribution in [2.75, 3.05) is 6.54 Å². The number of nitrogens with two attached hydrogens (primary N) is 1. The molecule has 0 heterocycles. The summed E-state index contributed by atoms with van der Waals surface area (Å²) in [7, 11) is 0. The number of carbonyl (C=O) groups excluding carboxylic acids is 2. The summed E-state index contributed by atoms with van der Waals surface area (Å²) < 4.78 is 0. The summed E-state index contributed by atoms with van der Waals surface area (Å²) >= 11 is 0. The average molecular weight is 318 g/mol. The molecule has 2 rings (SSSR count). The lowest BCUT2D eigenvalue weighted by molar-refractivity contribution is -0.127. The van der Waals surface area contributed by atoms with Crippen molar-refractivity contribution < 1.29 is 9.59 Å². The van der Waals surface area contributed by atoms with Gasteiger partial charge in [-0.2, -0.15) is 0 Å². The standard InChI is InChI=1S/C15H27N3O2.ClH/c16-13-8-4-5-11(13)9-14(19)17-10-15(20)18-12-6-2-1-3-7-12;/h11-13H,1-10,16H2,(H,17,19)(H,18,20);1H/t11-,13+;/m0./s1. The van der Waals surface area contributed by atoms with Crippen molar-refractivity contribution in [3.05, 3.63) is 0 Å². The van der Waals surface area contributed by atoms with Gasteiger partial charge in [0.1, 0.15) is 0 Å². The van der Waals surface area contributed by atoms with Gasteiger partial charge in [-0.15, -0.1) is 12.4 Å². The lowest BCUT2D eigenvalue weighted by Crippen LogP contribution is -2.43. The smallest absolute Gasteiger partial charge is 0.239 e. The minimum Gasteiger partial charge on any atom is -0.352 e. The Kier molecular flexibility index (Phi) is 8.04. The molecule has 2 atom stereocenters. The van der Waals surface area contributed by atoms with Gasteiger partial charge in [0.15, 0.2) is 0 Å². The molecule has 2 saturated carbocycles. The van der Waals surface area contributed by atoms with Gasteiger partial charge in [-0.1, -0.05) is 25.7 Å². The summed E-state index contributed by atoms with van der Waals surface area (Å²) in [6.07, 6.45) is 9.40. The fraction of sp³-hybridized carbons (Fsp3) is 0.867. The van der Waals surface area contributed by atoms with E-state index in [1.807, 2.05) is 0 Å². The molecule has 0 spiro atoms. The van der Waals surface area contributed by atoms with Gasteiger partial charge in [0, 0.05) is 18.5 Å². The number of nitrogens with one attached hydrogen (secondary N) is 2. The quantitative estimate of drug-likeness (QED) is 0.718. The molecule has 2 fully saturated rings. The molecule has 122 valence electrons. The summed E-state index contributed by atoms with van der Waals surface area (Å²) in [5.41, 5.74) is 5.95. The van der Waals surface area contributed by atoms with E-state index in [0.29, 0.717) is 12.5 Å². The Morgan fingerprint density at radius 3 is 2.29 bits per heavy atom. The Morgan fingerprint density at radius 2 is 1.67 bits per heavy atom. The Labute approximate surface area is 133 Å². The van der Waals surface area contributed by atoms with E-state index < -0.39 is 0 Å². The van der Waals surface area contributed by atoms with Crippen LogP contribution in [0.5, 0.6) is 0 Å². The summed E-state index contributed by atoms with van der Waals surface area (Å²) in [5.74, 6) is 0.170. The molecule has 0 bridgehead atoms. The van der Waals surface area contributed by atoms with Crippen LogP contribution >= 0.6 is 12.4 Å². The molecule has 2 aliphatic carbocycles. The van der Waals surface area contributed by atoms with E-state index in [9.17, 15) is 9.59 Å². The van der Waals surface area contributed by atoms with Gasteiger partial charge in [0.05, 0.1) is 6.54 Å². The lowest BCUT2D eigenvalue weighted by atomic mass is 9.95. The number of hydrogen-bond acceptors (Lipinski definition) is 3. The summed E-state index contributed by atoms with van der Waals surface area (Å²) in [6.45, 7) is 0.0945. The van der Waals surface area contributed by atoms with E-state index in [1.165, 1.54) is 19.3 Å². The fourth-order valence-electron chi connectivity index (χ4n) is 3.33. The highest BCUT2D eigenvalue weighted by atomic mass is 35.5. The van der Waals surface area contributed by atoms with Gasteiger partial charge in [-0.05, 0) is 31.6 Å². The molecule has 0 aromatic heterocycles. The first-order chi connectivity index (χ1) is 9.65. The Bertz CT molecular complexity index is 346. The minimum atomic E-state index is -0.0685. The summed E-state index contributed by atoms with van der Waals surface area (Å²) in [5, 5.41) is 5.71. The summed E-state index contributed by atoms with van der Waals surface area (Å²) in [4.78, 5) is 23.6. The van der Waals surface area contributed by atoms with Crippen LogP contribution < -0.4 is 16.4 Å². The van der Waals surface area contributed by atoms with Crippen LogP contribution in [-0.2, 0) is 9.59 Å². The number of amides is 2. The maximum absolute atomic E-state index is 11.8. The molecule has 2 aliphatic rings. The molecule has 5 nitrogen and oxygen atoms in total. The van der Waals surface area contributed by atoms with Gasteiger partial charge in [0.2, 0.25) is 11.8 Å². The highest BCUT2D eigenvalue weighted by Gasteiger charge is 2.26. The highest BCUT2D eigenvalue weighted by molar-refractivity contribution is 5.85. The molecule has 4 N–H and O–H groups in total. The molecular weight excluding hydrogens is 290 g/mol. The normalized spacial score (nSPS) is 26.0. The molecule has 0 aromatic rings. The largest absolute Gasteiger partial charge is 0.352 e. The van der Waals surface area contributed by atoms with E-state index in [-0.39, 0.29) is 42.7 Å². The molecule has 0 saturated heterocycles. The molecule has 0 radical (unpaired) electrons. The van der Waals surface area contributed by atoms with Gasteiger partial charge in [0.25, 0.3) is 0 Å². The Balaban J connectivity index is 0.00000220. The first-order valence-electron chi connectivity index (χ1n) is 7.97. The highest BCUT2D eigenvalue weighted by Crippen LogP contribution is 2.26. The van der Waals surface area contributed by atoms with E-state index in [4.69, 9.17) is 5.73 Å². The zero-order valence-corrected chi connectivity index (χ0v) is 13.4. The monoisotopic (exact) mass is 317 g/mol. The van der Waals surface area contributed by atoms with E-state index in [1.54, 1.807) is 0 Å². The molecule has 0 aromatic carbocycles. The zero-order chi connectivity index (χ0) is 14.4. The third-order valence-electron chi connectivity index (χ3n) is 4.58. The van der Waals surface area contributed by atoms with Crippen LogP contribution in [0.15, 0.2) is 0 Å². The third-order valence-corrected chi connectivity index (χ3v) is 4.58. The molecule has 2 amide bonds. The maximum atomic E-state index is 11.8. The number of halogens is 1. The third kappa shape index (κ3) is 6.22. The zero-order valence-electron chi connectivity index (χ0n) is 12.6. The first kappa shape index (κ1) is 18.2. The molecule has 0 aliphatic heterocycles. The van der Waals surface area contributed by atoms with Crippen molar-refractivity contribution in [3.8, 4) is 0 Å². The second-order valence-electron chi connectivity index (χ2n) is 6.24. The van der Waals surface area contributed by atoms with Crippen LogP contribution in [-0.4, -0.2) is 30.4 Å². The fourth-order valence-corrected chi connectivity index (χ4v) is 3.33. The molecular formula is C15H28ClN3O2. The number of carbonyl (C=O) groups is 2. The predicted octanol–water partition coefficient (Wildman–Crippen LogP) is 1.49. The predicted molar refractivity (Wildman–Crippen MR) is 85.2 cm³/mol. The Hall–Kier alpha value is -0.810. The van der Waals surface area contributed by atoms with Crippen molar-refractivity contribution in [2.24, 2.45) is 11.7 Å². The van der Waals surface area contributed by atoms with Crippen molar-refractivity contribution in [2.45, 2.75) is 69.9 Å². The second kappa shape index (κ2) is 9.26. The molecule has 0 unspecified atom stereocenters. The van der Waals surface area contributed by atoms with Crippen molar-refractivity contribution >= 4 is 24.2 Å². The van der Waals surface area contributed by atoms with Crippen molar-refractivity contribution in [1.82, 2.24) is 10.6 Å². The molecule has 21 heavy (non-hydrogen) atoms. The van der Waals surface area contributed by atoms with E-state index >= 15 is 0 Å². The van der Waals surface area contributed by atoms with Crippen LogP contribution in [0.4, 0.5) is 0 Å². The van der Waals surface area contributed by atoms with Crippen molar-refractivity contribution in [1.29, 1.82) is 0 Å². The van der Waals surface area contributed by atoms with E-state index in [0.717, 1.165) is 32.1 Å². The number of rotatable bonds is 5. The number of hydrogen-bond donors (Lipinski definition) is 3. The van der Waals surface area contributed by atoms with Gasteiger partial charge in [-0.25, -0.2) is 0 Å². The average Bonchev–Trinajstić information content (AvgIpc) is 2.83. The summed E-state index contributed by atoms with van der Waals surface area (Å²) in [6, 6.07) is 0.452. The van der Waals surface area contributed by atoms with E-state index in [2.05, 4.69) is 10.6 Å². The van der Waals surface area contributed by atoms with Crippen LogP contribution in [0.25, 0.3) is 0 Å². The van der Waals surface area contributed by atoms with Crippen LogP contribution in [0.2, 0.25) is 0 Å². The van der Waals surface area contributed by atoms with Crippen LogP contribution in [0, 0.1) is 5.92 Å². The Morgan fingerprint density at radius 1 is 0.952 bits per heavy atom. The van der Waals surface area contributed by atoms with Crippen LogP contribution in [0.1, 0.15) is 57.8 Å². The lowest BCUT2D eigenvalue weighted by Gasteiger charge is -2.22. The first-order valence-corrected chi connectivity index (χ1v) is 7.97. The topological polar surface area (TPSA) is 84.2 Å². The van der Waals surface area contributed by atoms with Gasteiger partial charge in [-0.3, -0.25) is 9.59 Å². The van der Waals surface area contributed by atoms with Gasteiger partial charge >= 0.3 is 0 Å². The molecule has 6 heteroatoms. The van der Waals surface area contributed by atoms with Crippen LogP contribution in [0.3, 0.4) is 0 Å². The second-order valence-corrected chi connectivity index (χ2v) is 6.24. The maximum Gasteiger partial charge on any atom is 0.239 e. The SMILES string of the molecule is Cl.N[C@@H]1CCC[C@H]1CC(=O)NCC(=O)NC1CCCCC1.